The van der Waals surface area contributed by atoms with Gasteiger partial charge in [-0.15, -0.1) is 0 Å². The molecule has 4 aromatic rings. The molecule has 0 amide bonds. The standard InChI is InChI=1S/C22H22N6O6S2.2K/c1-13-14(2)24-27(23-13)19-9-7-17(21(11-19)35(29,30)31)5-6-18-8-10-20(12-22(18)36(32,33)34)28-25-15(3)16(4)26-28;;/h5-12H,1-4H3,(H,29,30,31)(H,32,33,34);;/q;2*+1/p-2/b6-5+;;. The molecule has 0 radical (unpaired) electrons. The Balaban J connectivity index is 0.00000253. The van der Waals surface area contributed by atoms with Crippen LogP contribution in [0.25, 0.3) is 23.5 Å². The molecule has 16 heteroatoms. The van der Waals surface area contributed by atoms with E-state index in [4.69, 9.17) is 0 Å². The molecular formula is C22H20K2N6O6S2. The van der Waals surface area contributed by atoms with Gasteiger partial charge in [-0.2, -0.15) is 30.0 Å². The van der Waals surface area contributed by atoms with Crippen molar-refractivity contribution in [1.29, 1.82) is 0 Å². The van der Waals surface area contributed by atoms with E-state index in [0.717, 1.165) is 12.1 Å². The van der Waals surface area contributed by atoms with E-state index in [1.807, 2.05) is 0 Å². The second-order valence-corrected chi connectivity index (χ2v) is 10.7. The topological polar surface area (TPSA) is 176 Å². The van der Waals surface area contributed by atoms with Gasteiger partial charge in [-0.25, -0.2) is 16.8 Å². The molecule has 0 bridgehead atoms. The minimum absolute atomic E-state index is 0. The van der Waals surface area contributed by atoms with Gasteiger partial charge in [0.05, 0.1) is 43.9 Å². The molecule has 0 N–H and O–H groups in total. The van der Waals surface area contributed by atoms with Crippen LogP contribution in [0.3, 0.4) is 0 Å². The average molecular weight is 607 g/mol. The van der Waals surface area contributed by atoms with Crippen molar-refractivity contribution >= 4 is 32.4 Å². The maximum absolute atomic E-state index is 12.0. The molecule has 0 unspecified atom stereocenters. The molecular weight excluding hydrogens is 587 g/mol. The number of nitrogens with zero attached hydrogens (tertiary/aromatic N) is 6. The fourth-order valence-electron chi connectivity index (χ4n) is 3.32. The van der Waals surface area contributed by atoms with Gasteiger partial charge in [0.1, 0.15) is 20.2 Å². The van der Waals surface area contributed by atoms with Crippen LogP contribution in [0, 0.1) is 27.7 Å². The van der Waals surface area contributed by atoms with Gasteiger partial charge in [-0.3, -0.25) is 0 Å². The van der Waals surface area contributed by atoms with Gasteiger partial charge >= 0.3 is 103 Å². The third kappa shape index (κ3) is 7.64. The Labute approximate surface area is 305 Å². The minimum atomic E-state index is -4.92. The summed E-state index contributed by atoms with van der Waals surface area (Å²) in [5, 5.41) is 16.7. The molecule has 4 rings (SSSR count). The molecule has 0 atom stereocenters. The monoisotopic (exact) mass is 606 g/mol. The van der Waals surface area contributed by atoms with Crippen LogP contribution in [-0.2, 0) is 20.2 Å². The summed E-state index contributed by atoms with van der Waals surface area (Å²) in [4.78, 5) is 1.30. The summed E-state index contributed by atoms with van der Waals surface area (Å²) < 4.78 is 71.9. The quantitative estimate of drug-likeness (QED) is 0.120. The molecule has 38 heavy (non-hydrogen) atoms. The van der Waals surface area contributed by atoms with Crippen molar-refractivity contribution < 1.29 is 129 Å². The first-order chi connectivity index (χ1) is 16.7. The summed E-state index contributed by atoms with van der Waals surface area (Å²) >= 11 is 0. The maximum Gasteiger partial charge on any atom is 1.00 e. The van der Waals surface area contributed by atoms with Crippen molar-refractivity contribution in [3.63, 3.8) is 0 Å². The third-order valence-electron chi connectivity index (χ3n) is 5.46. The van der Waals surface area contributed by atoms with Crippen LogP contribution in [0.1, 0.15) is 33.9 Å². The minimum Gasteiger partial charge on any atom is -0.744 e. The van der Waals surface area contributed by atoms with E-state index >= 15 is 0 Å². The van der Waals surface area contributed by atoms with E-state index in [-0.39, 0.29) is 125 Å². The first-order valence-corrected chi connectivity index (χ1v) is 13.3. The Morgan fingerprint density at radius 1 is 0.605 bits per heavy atom. The molecule has 0 saturated carbocycles. The Kier molecular flexibility index (Phi) is 11.6. The Morgan fingerprint density at radius 2 is 0.895 bits per heavy atom. The predicted molar refractivity (Wildman–Crippen MR) is 127 cm³/mol. The summed E-state index contributed by atoms with van der Waals surface area (Å²) in [6.07, 6.45) is 2.48. The van der Waals surface area contributed by atoms with Crippen LogP contribution in [0.4, 0.5) is 0 Å². The van der Waals surface area contributed by atoms with Gasteiger partial charge in [-0.1, -0.05) is 24.3 Å². The van der Waals surface area contributed by atoms with Gasteiger partial charge in [0.15, 0.2) is 0 Å². The first kappa shape index (κ1) is 33.8. The maximum atomic E-state index is 12.0. The number of aryl methyl sites for hydroxylation is 4. The van der Waals surface area contributed by atoms with Gasteiger partial charge in [-0.05, 0) is 63.1 Å². The summed E-state index contributed by atoms with van der Waals surface area (Å²) in [7, 11) is -9.85. The zero-order valence-corrected chi connectivity index (χ0v) is 29.4. The van der Waals surface area contributed by atoms with E-state index in [2.05, 4.69) is 20.4 Å². The summed E-state index contributed by atoms with van der Waals surface area (Å²) in [5.74, 6) is 0. The molecule has 0 saturated heterocycles. The van der Waals surface area contributed by atoms with E-state index in [1.54, 1.807) is 27.7 Å². The Hall–Kier alpha value is -0.447. The van der Waals surface area contributed by atoms with Gasteiger partial charge in [0.25, 0.3) is 0 Å². The van der Waals surface area contributed by atoms with E-state index in [9.17, 15) is 25.9 Å². The molecule has 12 nitrogen and oxygen atoms in total. The molecule has 2 aromatic heterocycles. The number of benzene rings is 2. The van der Waals surface area contributed by atoms with Crippen molar-refractivity contribution in [2.24, 2.45) is 0 Å². The van der Waals surface area contributed by atoms with Crippen LogP contribution < -0.4 is 103 Å². The Bertz CT molecular complexity index is 1580. The van der Waals surface area contributed by atoms with E-state index < -0.39 is 30.0 Å². The zero-order valence-electron chi connectivity index (χ0n) is 21.6. The van der Waals surface area contributed by atoms with Crippen LogP contribution in [-0.4, -0.2) is 55.9 Å². The largest absolute Gasteiger partial charge is 1.00 e. The van der Waals surface area contributed by atoms with Crippen LogP contribution in [0.5, 0.6) is 0 Å². The van der Waals surface area contributed by atoms with Gasteiger partial charge in [0, 0.05) is 0 Å². The SMILES string of the molecule is Cc1nn(-c2ccc(/C=C/c3ccc(-n4nc(C)c(C)n4)cc3S(=O)(=O)[O-])c(S(=O)(=O)[O-])c2)nc1C.[K+].[K+]. The first-order valence-electron chi connectivity index (χ1n) is 10.4. The van der Waals surface area contributed by atoms with Crippen molar-refractivity contribution in [2.75, 3.05) is 0 Å². The predicted octanol–water partition coefficient (Wildman–Crippen LogP) is -3.93. The van der Waals surface area contributed by atoms with Gasteiger partial charge in [0.2, 0.25) is 0 Å². The summed E-state index contributed by atoms with van der Waals surface area (Å²) in [5.41, 5.74) is 3.03. The molecule has 188 valence electrons. The molecule has 0 aliphatic carbocycles. The van der Waals surface area contributed by atoms with Crippen LogP contribution in [0.2, 0.25) is 0 Å². The van der Waals surface area contributed by atoms with Crippen molar-refractivity contribution in [3.05, 3.63) is 70.3 Å². The van der Waals surface area contributed by atoms with Crippen molar-refractivity contribution in [2.45, 2.75) is 37.5 Å². The molecule has 0 fully saturated rings. The number of aromatic nitrogens is 6. The third-order valence-corrected chi connectivity index (χ3v) is 7.25. The fourth-order valence-corrected chi connectivity index (χ4v) is 4.70. The van der Waals surface area contributed by atoms with Crippen molar-refractivity contribution in [3.8, 4) is 11.4 Å². The summed E-state index contributed by atoms with van der Waals surface area (Å²) in [6.45, 7) is 6.94. The van der Waals surface area contributed by atoms with Gasteiger partial charge < -0.3 is 9.11 Å². The number of hydrogen-bond donors (Lipinski definition) is 0. The number of hydrogen-bond acceptors (Lipinski definition) is 10. The fraction of sp³-hybridized carbons (Fsp3) is 0.182. The molecule has 2 heterocycles. The van der Waals surface area contributed by atoms with E-state index in [0.29, 0.717) is 22.8 Å². The second kappa shape index (κ2) is 13.0. The molecule has 0 spiro atoms. The number of rotatable bonds is 6. The zero-order chi connectivity index (χ0) is 26.4. The molecule has 0 aliphatic rings. The van der Waals surface area contributed by atoms with Crippen LogP contribution in [0.15, 0.2) is 46.2 Å². The smallest absolute Gasteiger partial charge is 0.744 e. The summed E-state index contributed by atoms with van der Waals surface area (Å²) in [6, 6.07) is 8.00. The van der Waals surface area contributed by atoms with Crippen molar-refractivity contribution in [1.82, 2.24) is 30.0 Å². The van der Waals surface area contributed by atoms with Crippen LogP contribution >= 0.6 is 0 Å². The normalized spacial score (nSPS) is 11.8. The Morgan fingerprint density at radius 3 is 1.16 bits per heavy atom. The molecule has 0 aliphatic heterocycles. The van der Waals surface area contributed by atoms with E-state index in [1.165, 1.54) is 46.0 Å². The average Bonchev–Trinajstić information content (AvgIpc) is 3.31. The molecule has 2 aromatic carbocycles. The second-order valence-electron chi connectivity index (χ2n) is 8.01.